The third-order valence-corrected chi connectivity index (χ3v) is 3.27. The fourth-order valence-electron chi connectivity index (χ4n) is 1.94. The molecule has 0 amide bonds. The fourth-order valence-corrected chi connectivity index (χ4v) is 2.12. The van der Waals surface area contributed by atoms with Crippen LogP contribution in [0.5, 0.6) is 0 Å². The van der Waals surface area contributed by atoms with Gasteiger partial charge >= 0.3 is 0 Å². The molecule has 2 rings (SSSR count). The predicted molar refractivity (Wildman–Crippen MR) is 75.1 cm³/mol. The minimum Gasteiger partial charge on any atom is -0.243 e. The van der Waals surface area contributed by atoms with Gasteiger partial charge in [0.1, 0.15) is 16.7 Å². The maximum atomic E-state index is 6.20. The van der Waals surface area contributed by atoms with Crippen LogP contribution in [0.1, 0.15) is 38.1 Å². The number of aromatic nitrogens is 5. The lowest BCUT2D eigenvalue weighted by Crippen LogP contribution is -2.06. The standard InChI is InChI=1S/C13H18ClN5/c1-4-6-11-16-12(9(3)13(14)17-11)10-8-15-18-19(10)7-5-2/h8H,4-7H2,1-3H3. The topological polar surface area (TPSA) is 56.5 Å². The molecule has 0 atom stereocenters. The molecule has 0 unspecified atom stereocenters. The van der Waals surface area contributed by atoms with Gasteiger partial charge in [-0.25, -0.2) is 14.6 Å². The Hall–Kier alpha value is -1.49. The number of aryl methyl sites for hydroxylation is 2. The van der Waals surface area contributed by atoms with Crippen LogP contribution in [0.3, 0.4) is 0 Å². The van der Waals surface area contributed by atoms with Crippen molar-refractivity contribution in [2.45, 2.75) is 46.6 Å². The second kappa shape index (κ2) is 6.10. The third kappa shape index (κ3) is 2.92. The average molecular weight is 280 g/mol. The highest BCUT2D eigenvalue weighted by molar-refractivity contribution is 6.30. The van der Waals surface area contributed by atoms with Gasteiger partial charge in [0.25, 0.3) is 0 Å². The highest BCUT2D eigenvalue weighted by Crippen LogP contribution is 2.25. The molecule has 0 N–H and O–H groups in total. The SMILES string of the molecule is CCCc1nc(Cl)c(C)c(-c2cnnn2CCC)n1. The molecule has 0 fully saturated rings. The summed E-state index contributed by atoms with van der Waals surface area (Å²) in [6, 6.07) is 0. The van der Waals surface area contributed by atoms with Gasteiger partial charge in [0.05, 0.1) is 11.9 Å². The Bertz CT molecular complexity index is 564. The summed E-state index contributed by atoms with van der Waals surface area (Å²) in [4.78, 5) is 8.92. The normalized spacial score (nSPS) is 10.9. The molecule has 2 aromatic rings. The third-order valence-electron chi connectivity index (χ3n) is 2.90. The highest BCUT2D eigenvalue weighted by Gasteiger charge is 2.15. The van der Waals surface area contributed by atoms with Crippen molar-refractivity contribution in [2.75, 3.05) is 0 Å². The molecule has 19 heavy (non-hydrogen) atoms. The Labute approximate surface area is 118 Å². The number of hydrogen-bond donors (Lipinski definition) is 0. The first-order chi connectivity index (χ1) is 9.17. The summed E-state index contributed by atoms with van der Waals surface area (Å²) in [5.74, 6) is 0.775. The second-order valence-electron chi connectivity index (χ2n) is 4.50. The van der Waals surface area contributed by atoms with E-state index in [1.165, 1.54) is 0 Å². The van der Waals surface area contributed by atoms with Crippen molar-refractivity contribution in [3.05, 3.63) is 22.7 Å². The van der Waals surface area contributed by atoms with Crippen molar-refractivity contribution in [3.8, 4) is 11.4 Å². The first kappa shape index (κ1) is 13.9. The minimum absolute atomic E-state index is 0.512. The van der Waals surface area contributed by atoms with Gasteiger partial charge in [0, 0.05) is 18.5 Å². The predicted octanol–water partition coefficient (Wildman–Crippen LogP) is 3.06. The van der Waals surface area contributed by atoms with E-state index in [1.807, 2.05) is 11.6 Å². The Morgan fingerprint density at radius 2 is 2.00 bits per heavy atom. The van der Waals surface area contributed by atoms with Crippen LogP contribution >= 0.6 is 11.6 Å². The lowest BCUT2D eigenvalue weighted by Gasteiger charge is -2.10. The Kier molecular flexibility index (Phi) is 4.47. The molecule has 0 aliphatic carbocycles. The van der Waals surface area contributed by atoms with Gasteiger partial charge in [-0.15, -0.1) is 5.10 Å². The molecule has 0 aliphatic rings. The van der Waals surface area contributed by atoms with Gasteiger partial charge in [0.15, 0.2) is 0 Å². The average Bonchev–Trinajstić information content (AvgIpc) is 2.82. The molecule has 0 bridgehead atoms. The molecule has 6 heteroatoms. The van der Waals surface area contributed by atoms with Crippen molar-refractivity contribution in [1.29, 1.82) is 0 Å². The van der Waals surface area contributed by atoms with Crippen molar-refractivity contribution >= 4 is 11.6 Å². The molecule has 2 heterocycles. The molecular formula is C13H18ClN5. The van der Waals surface area contributed by atoms with E-state index in [4.69, 9.17) is 11.6 Å². The molecule has 0 aromatic carbocycles. The van der Waals surface area contributed by atoms with E-state index >= 15 is 0 Å². The van der Waals surface area contributed by atoms with Gasteiger partial charge in [-0.1, -0.05) is 30.7 Å². The lowest BCUT2D eigenvalue weighted by atomic mass is 10.2. The lowest BCUT2D eigenvalue weighted by molar-refractivity contribution is 0.583. The van der Waals surface area contributed by atoms with Crippen LogP contribution in [-0.2, 0) is 13.0 Å². The molecule has 0 radical (unpaired) electrons. The van der Waals surface area contributed by atoms with Crippen LogP contribution in [0.2, 0.25) is 5.15 Å². The minimum atomic E-state index is 0.512. The van der Waals surface area contributed by atoms with E-state index in [0.717, 1.165) is 48.6 Å². The van der Waals surface area contributed by atoms with Crippen LogP contribution in [0.4, 0.5) is 0 Å². The molecule has 0 spiro atoms. The smallest absolute Gasteiger partial charge is 0.136 e. The van der Waals surface area contributed by atoms with E-state index in [2.05, 4.69) is 34.1 Å². The van der Waals surface area contributed by atoms with Crippen LogP contribution in [0.25, 0.3) is 11.4 Å². The van der Waals surface area contributed by atoms with Crippen LogP contribution in [0.15, 0.2) is 6.20 Å². The van der Waals surface area contributed by atoms with E-state index in [-0.39, 0.29) is 0 Å². The number of hydrogen-bond acceptors (Lipinski definition) is 4. The van der Waals surface area contributed by atoms with Gasteiger partial charge < -0.3 is 0 Å². The van der Waals surface area contributed by atoms with Crippen LogP contribution in [-0.4, -0.2) is 25.0 Å². The molecule has 0 saturated heterocycles. The Balaban J connectivity index is 2.50. The number of rotatable bonds is 5. The zero-order chi connectivity index (χ0) is 13.8. The second-order valence-corrected chi connectivity index (χ2v) is 4.85. The van der Waals surface area contributed by atoms with E-state index in [1.54, 1.807) is 6.20 Å². The molecule has 102 valence electrons. The molecule has 0 aliphatic heterocycles. The van der Waals surface area contributed by atoms with E-state index in [9.17, 15) is 0 Å². The monoisotopic (exact) mass is 279 g/mol. The van der Waals surface area contributed by atoms with Crippen LogP contribution in [0, 0.1) is 6.92 Å². The maximum Gasteiger partial charge on any atom is 0.136 e. The summed E-state index contributed by atoms with van der Waals surface area (Å²) < 4.78 is 1.86. The van der Waals surface area contributed by atoms with Crippen molar-refractivity contribution in [2.24, 2.45) is 0 Å². The first-order valence-corrected chi connectivity index (χ1v) is 6.97. The summed E-state index contributed by atoms with van der Waals surface area (Å²) >= 11 is 6.20. The number of halogens is 1. The molecule has 0 saturated carbocycles. The largest absolute Gasteiger partial charge is 0.243 e. The van der Waals surface area contributed by atoms with Crippen LogP contribution < -0.4 is 0 Å². The molecule has 2 aromatic heterocycles. The van der Waals surface area contributed by atoms with Crippen molar-refractivity contribution in [3.63, 3.8) is 0 Å². The van der Waals surface area contributed by atoms with Gasteiger partial charge in [-0.2, -0.15) is 0 Å². The van der Waals surface area contributed by atoms with E-state index in [0.29, 0.717) is 5.15 Å². The van der Waals surface area contributed by atoms with Crippen molar-refractivity contribution in [1.82, 2.24) is 25.0 Å². The maximum absolute atomic E-state index is 6.20. The summed E-state index contributed by atoms with van der Waals surface area (Å²) in [5.41, 5.74) is 2.61. The van der Waals surface area contributed by atoms with E-state index < -0.39 is 0 Å². The van der Waals surface area contributed by atoms with Crippen molar-refractivity contribution < 1.29 is 0 Å². The quantitative estimate of drug-likeness (QED) is 0.789. The zero-order valence-corrected chi connectivity index (χ0v) is 12.3. The van der Waals surface area contributed by atoms with Gasteiger partial charge in [-0.05, 0) is 19.8 Å². The number of nitrogens with zero attached hydrogens (tertiary/aromatic N) is 5. The highest BCUT2D eigenvalue weighted by atomic mass is 35.5. The molecule has 5 nitrogen and oxygen atoms in total. The summed E-state index contributed by atoms with van der Waals surface area (Å²) in [5, 5.41) is 8.58. The first-order valence-electron chi connectivity index (χ1n) is 6.59. The van der Waals surface area contributed by atoms with Gasteiger partial charge in [-0.3, -0.25) is 0 Å². The summed E-state index contributed by atoms with van der Waals surface area (Å²) in [6.07, 6.45) is 4.54. The zero-order valence-electron chi connectivity index (χ0n) is 11.5. The fraction of sp³-hybridized carbons (Fsp3) is 0.538. The molecular weight excluding hydrogens is 262 g/mol. The summed E-state index contributed by atoms with van der Waals surface area (Å²) in [7, 11) is 0. The Morgan fingerprint density at radius 3 is 2.68 bits per heavy atom. The van der Waals surface area contributed by atoms with Gasteiger partial charge in [0.2, 0.25) is 0 Å². The Morgan fingerprint density at radius 1 is 1.21 bits per heavy atom. The summed E-state index contributed by atoms with van der Waals surface area (Å²) in [6.45, 7) is 6.95.